The van der Waals surface area contributed by atoms with Crippen molar-refractivity contribution in [1.29, 1.82) is 0 Å². The molecule has 2 N–H and O–H groups in total. The number of hydrogen-bond donors (Lipinski definition) is 2. The van der Waals surface area contributed by atoms with Gasteiger partial charge in [0, 0.05) is 14.2 Å². The molecule has 0 bridgehead atoms. The van der Waals surface area contributed by atoms with Gasteiger partial charge in [0.05, 0.1) is 9.78 Å². The van der Waals surface area contributed by atoms with Crippen molar-refractivity contribution in [1.82, 2.24) is 5.43 Å². The van der Waals surface area contributed by atoms with Crippen LogP contribution in [0.2, 0.25) is 5.02 Å². The zero-order valence-corrected chi connectivity index (χ0v) is 16.7. The highest BCUT2D eigenvalue weighted by molar-refractivity contribution is 14.1. The number of nitrogens with zero attached hydrogens (tertiary/aromatic N) is 1. The number of phenols is 1. The summed E-state index contributed by atoms with van der Waals surface area (Å²) in [6, 6.07) is 10.3. The Hall–Kier alpha value is -1.07. The highest BCUT2D eigenvalue weighted by Gasteiger charge is 2.06. The van der Waals surface area contributed by atoms with Crippen LogP contribution in [0, 0.1) is 7.14 Å². The number of carbonyl (C=O) groups excluding carboxylic acids is 1. The van der Waals surface area contributed by atoms with E-state index in [1.165, 1.54) is 6.21 Å². The van der Waals surface area contributed by atoms with Crippen LogP contribution < -0.4 is 10.2 Å². The average Bonchev–Trinajstić information content (AvgIpc) is 2.51. The Morgan fingerprint density at radius 3 is 2.70 bits per heavy atom. The van der Waals surface area contributed by atoms with Crippen molar-refractivity contribution in [3.05, 3.63) is 54.1 Å². The fraction of sp³-hybridized carbons (Fsp3) is 0.0667. The van der Waals surface area contributed by atoms with Gasteiger partial charge in [-0.1, -0.05) is 11.6 Å². The predicted molar refractivity (Wildman–Crippen MR) is 106 cm³/mol. The number of carbonyl (C=O) groups is 1. The third kappa shape index (κ3) is 5.81. The van der Waals surface area contributed by atoms with Crippen LogP contribution in [-0.4, -0.2) is 23.8 Å². The van der Waals surface area contributed by atoms with Crippen LogP contribution in [0.25, 0.3) is 0 Å². The lowest BCUT2D eigenvalue weighted by Gasteiger charge is -2.05. The molecule has 0 unspecified atom stereocenters. The van der Waals surface area contributed by atoms with Gasteiger partial charge >= 0.3 is 0 Å². The number of phenolic OH excluding ortho intramolecular Hbond substituents is 1. The van der Waals surface area contributed by atoms with E-state index < -0.39 is 5.91 Å². The number of rotatable bonds is 5. The molecule has 2 aromatic rings. The lowest BCUT2D eigenvalue weighted by molar-refractivity contribution is -0.123. The van der Waals surface area contributed by atoms with Gasteiger partial charge in [-0.15, -0.1) is 0 Å². The Morgan fingerprint density at radius 2 is 2.00 bits per heavy atom. The molecule has 0 fully saturated rings. The largest absolute Gasteiger partial charge is 0.506 e. The summed E-state index contributed by atoms with van der Waals surface area (Å²) in [5.41, 5.74) is 2.87. The molecule has 0 saturated carbocycles. The maximum Gasteiger partial charge on any atom is 0.277 e. The summed E-state index contributed by atoms with van der Waals surface area (Å²) in [5.74, 6) is 0.260. The standard InChI is InChI=1S/C15H11ClI2N2O3/c16-10-1-3-12(4-2-10)23-8-14(21)20-19-7-9-5-11(17)6-13(18)15(9)22/h1-7,22H,8H2,(H,20,21)/b19-7+. The quantitative estimate of drug-likeness (QED) is 0.335. The van der Waals surface area contributed by atoms with Gasteiger partial charge < -0.3 is 9.84 Å². The number of ether oxygens (including phenoxy) is 1. The molecule has 120 valence electrons. The predicted octanol–water partition coefficient (Wildman–Crippen LogP) is 3.78. The van der Waals surface area contributed by atoms with E-state index in [0.717, 1.165) is 3.57 Å². The van der Waals surface area contributed by atoms with Gasteiger partial charge in [0.1, 0.15) is 11.5 Å². The Morgan fingerprint density at radius 1 is 1.30 bits per heavy atom. The Bertz CT molecular complexity index is 736. The average molecular weight is 557 g/mol. The summed E-state index contributed by atoms with van der Waals surface area (Å²) in [6.45, 7) is -0.172. The lowest BCUT2D eigenvalue weighted by Crippen LogP contribution is -2.24. The Labute approximate surface area is 165 Å². The maximum atomic E-state index is 11.7. The first-order chi connectivity index (χ1) is 11.0. The van der Waals surface area contributed by atoms with Crippen LogP contribution in [-0.2, 0) is 4.79 Å². The van der Waals surface area contributed by atoms with E-state index in [4.69, 9.17) is 16.3 Å². The summed E-state index contributed by atoms with van der Waals surface area (Å²) in [7, 11) is 0. The van der Waals surface area contributed by atoms with E-state index in [1.54, 1.807) is 30.3 Å². The van der Waals surface area contributed by atoms with E-state index in [1.807, 2.05) is 28.7 Å². The van der Waals surface area contributed by atoms with E-state index in [-0.39, 0.29) is 12.4 Å². The smallest absolute Gasteiger partial charge is 0.277 e. The minimum Gasteiger partial charge on any atom is -0.506 e. The molecule has 0 aliphatic rings. The molecule has 8 heteroatoms. The van der Waals surface area contributed by atoms with Crippen LogP contribution in [0.5, 0.6) is 11.5 Å². The number of nitrogens with one attached hydrogen (secondary N) is 1. The highest BCUT2D eigenvalue weighted by Crippen LogP contribution is 2.25. The molecule has 0 spiro atoms. The normalized spacial score (nSPS) is 10.7. The molecule has 0 atom stereocenters. The molecule has 0 aliphatic heterocycles. The van der Waals surface area contributed by atoms with E-state index >= 15 is 0 Å². The topological polar surface area (TPSA) is 70.9 Å². The molecule has 5 nitrogen and oxygen atoms in total. The minimum atomic E-state index is -0.406. The third-order valence-electron chi connectivity index (χ3n) is 2.63. The van der Waals surface area contributed by atoms with Crippen molar-refractivity contribution in [3.8, 4) is 11.5 Å². The molecule has 1 amide bonds. The van der Waals surface area contributed by atoms with Gasteiger partial charge in [0.25, 0.3) is 5.91 Å². The van der Waals surface area contributed by atoms with Gasteiger partial charge in [-0.05, 0) is 81.6 Å². The minimum absolute atomic E-state index is 0.126. The van der Waals surface area contributed by atoms with Gasteiger partial charge in [0.15, 0.2) is 6.61 Å². The SMILES string of the molecule is O=C(COc1ccc(Cl)cc1)N/N=C/c1cc(I)cc(I)c1O. The molecular weight excluding hydrogens is 545 g/mol. The maximum absolute atomic E-state index is 11.7. The van der Waals surface area contributed by atoms with Crippen LogP contribution in [0.4, 0.5) is 0 Å². The third-order valence-corrected chi connectivity index (χ3v) is 4.33. The fourth-order valence-electron chi connectivity index (χ4n) is 1.57. The van der Waals surface area contributed by atoms with E-state index in [2.05, 4.69) is 33.1 Å². The summed E-state index contributed by atoms with van der Waals surface area (Å²) in [4.78, 5) is 11.7. The summed E-state index contributed by atoms with van der Waals surface area (Å²) >= 11 is 9.93. The van der Waals surface area contributed by atoms with Gasteiger partial charge in [-0.25, -0.2) is 5.43 Å². The molecule has 0 saturated heterocycles. The van der Waals surface area contributed by atoms with Crippen molar-refractivity contribution in [2.45, 2.75) is 0 Å². The summed E-state index contributed by atoms with van der Waals surface area (Å²) in [5, 5.41) is 14.3. The van der Waals surface area contributed by atoms with Crippen LogP contribution >= 0.6 is 56.8 Å². The first kappa shape index (κ1) is 18.3. The number of aromatic hydroxyl groups is 1. The molecule has 2 aromatic carbocycles. The van der Waals surface area contributed by atoms with Gasteiger partial charge in [-0.2, -0.15) is 5.10 Å². The Kier molecular flexibility index (Phi) is 6.90. The molecule has 0 aromatic heterocycles. The molecular formula is C15H11ClI2N2O3. The first-order valence-electron chi connectivity index (χ1n) is 6.34. The fourth-order valence-corrected chi connectivity index (χ4v) is 3.59. The molecule has 0 aliphatic carbocycles. The number of hydrogen-bond acceptors (Lipinski definition) is 4. The summed E-state index contributed by atoms with van der Waals surface area (Å²) < 4.78 is 6.97. The zero-order valence-electron chi connectivity index (χ0n) is 11.6. The van der Waals surface area contributed by atoms with Crippen molar-refractivity contribution < 1.29 is 14.6 Å². The van der Waals surface area contributed by atoms with Crippen LogP contribution in [0.3, 0.4) is 0 Å². The molecule has 2 rings (SSSR count). The van der Waals surface area contributed by atoms with Crippen LogP contribution in [0.1, 0.15) is 5.56 Å². The van der Waals surface area contributed by atoms with E-state index in [0.29, 0.717) is 19.9 Å². The first-order valence-corrected chi connectivity index (χ1v) is 8.87. The zero-order chi connectivity index (χ0) is 16.8. The number of amides is 1. The molecule has 0 radical (unpaired) electrons. The van der Waals surface area contributed by atoms with Crippen molar-refractivity contribution in [3.63, 3.8) is 0 Å². The van der Waals surface area contributed by atoms with E-state index in [9.17, 15) is 9.90 Å². The highest BCUT2D eigenvalue weighted by atomic mass is 127. The monoisotopic (exact) mass is 556 g/mol. The second-order valence-electron chi connectivity index (χ2n) is 4.36. The second kappa shape index (κ2) is 8.69. The molecule has 23 heavy (non-hydrogen) atoms. The number of benzene rings is 2. The van der Waals surface area contributed by atoms with Crippen LogP contribution in [0.15, 0.2) is 41.5 Å². The number of hydrazone groups is 1. The van der Waals surface area contributed by atoms with Crippen molar-refractivity contribution in [2.75, 3.05) is 6.61 Å². The lowest BCUT2D eigenvalue weighted by atomic mass is 10.2. The van der Waals surface area contributed by atoms with Gasteiger partial charge in [-0.3, -0.25) is 4.79 Å². The van der Waals surface area contributed by atoms with Crippen molar-refractivity contribution in [2.24, 2.45) is 5.10 Å². The summed E-state index contributed by atoms with van der Waals surface area (Å²) in [6.07, 6.45) is 1.39. The second-order valence-corrected chi connectivity index (χ2v) is 7.21. The Balaban J connectivity index is 1.88. The van der Waals surface area contributed by atoms with Gasteiger partial charge in [0.2, 0.25) is 0 Å². The molecule has 0 heterocycles. The number of halogens is 3. The van der Waals surface area contributed by atoms with Crippen molar-refractivity contribution >= 4 is 68.9 Å².